The summed E-state index contributed by atoms with van der Waals surface area (Å²) in [5.74, 6) is -0.500. The lowest BCUT2D eigenvalue weighted by molar-refractivity contribution is -0.151. The average molecular weight is 842 g/mol. The smallest absolute Gasteiger partial charge is 0.306 e. The van der Waals surface area contributed by atoms with Gasteiger partial charge in [0.1, 0.15) is 6.10 Å². The van der Waals surface area contributed by atoms with Crippen LogP contribution in [0.1, 0.15) is 258 Å². The van der Waals surface area contributed by atoms with Crippen LogP contribution in [0.3, 0.4) is 0 Å². The average Bonchev–Trinajstić information content (AvgIpc) is 3.24. The number of carbonyl (C=O) groups excluding carboxylic acids is 2. The number of hydrogen-bond donors (Lipinski definition) is 3. The van der Waals surface area contributed by atoms with Gasteiger partial charge in [-0.25, -0.2) is 0 Å². The number of rotatable bonds is 46. The number of esters is 1. The largest absolute Gasteiger partial charge is 0.462 e. The molecule has 0 saturated heterocycles. The minimum Gasteiger partial charge on any atom is -0.462 e. The predicted octanol–water partition coefficient (Wildman–Crippen LogP) is 15.5. The maximum Gasteiger partial charge on any atom is 0.306 e. The molecule has 0 aliphatic rings. The first-order chi connectivity index (χ1) is 29.5. The normalized spacial score (nSPS) is 13.6. The van der Waals surface area contributed by atoms with Crippen molar-refractivity contribution in [2.75, 3.05) is 6.61 Å². The Kier molecular flexibility index (Phi) is 46.1. The van der Waals surface area contributed by atoms with Crippen molar-refractivity contribution < 1.29 is 24.5 Å². The molecule has 0 saturated carbocycles. The fourth-order valence-electron chi connectivity index (χ4n) is 7.73. The van der Waals surface area contributed by atoms with Gasteiger partial charge in [-0.05, 0) is 83.5 Å². The molecule has 3 unspecified atom stereocenters. The van der Waals surface area contributed by atoms with E-state index < -0.39 is 18.2 Å². The molecule has 0 aliphatic heterocycles. The molecule has 3 N–H and O–H groups in total. The Bertz CT molecular complexity index is 1040. The summed E-state index contributed by atoms with van der Waals surface area (Å²) in [6.45, 7) is 6.35. The molecule has 0 aromatic carbocycles. The number of ether oxygens (including phenoxy) is 1. The fourth-order valence-corrected chi connectivity index (χ4v) is 7.73. The molecular formula is C54H99NO5. The molecule has 6 heteroatoms. The molecule has 0 spiro atoms. The van der Waals surface area contributed by atoms with Crippen molar-refractivity contribution in [1.29, 1.82) is 0 Å². The van der Waals surface area contributed by atoms with Gasteiger partial charge in [-0.1, -0.05) is 211 Å². The van der Waals surface area contributed by atoms with Crippen molar-refractivity contribution >= 4 is 11.9 Å². The van der Waals surface area contributed by atoms with E-state index in [4.69, 9.17) is 4.74 Å². The zero-order valence-electron chi connectivity index (χ0n) is 39.8. The molecule has 0 aromatic rings. The minimum absolute atomic E-state index is 0.0622. The molecule has 0 bridgehead atoms. The van der Waals surface area contributed by atoms with E-state index in [0.29, 0.717) is 19.3 Å². The van der Waals surface area contributed by atoms with Gasteiger partial charge in [0.25, 0.3) is 0 Å². The van der Waals surface area contributed by atoms with Crippen LogP contribution in [0.25, 0.3) is 0 Å². The van der Waals surface area contributed by atoms with Gasteiger partial charge in [0, 0.05) is 6.42 Å². The van der Waals surface area contributed by atoms with E-state index in [9.17, 15) is 19.8 Å². The van der Waals surface area contributed by atoms with E-state index in [1.54, 1.807) is 0 Å². The van der Waals surface area contributed by atoms with Gasteiger partial charge < -0.3 is 20.3 Å². The second kappa shape index (κ2) is 47.9. The minimum atomic E-state index is -0.792. The van der Waals surface area contributed by atoms with E-state index in [1.807, 2.05) is 0 Å². The van der Waals surface area contributed by atoms with Crippen molar-refractivity contribution in [1.82, 2.24) is 5.32 Å². The monoisotopic (exact) mass is 842 g/mol. The quantitative estimate of drug-likeness (QED) is 0.0322. The van der Waals surface area contributed by atoms with Crippen molar-refractivity contribution in [2.24, 2.45) is 0 Å². The number of hydrogen-bond acceptors (Lipinski definition) is 5. The Morgan fingerprint density at radius 3 is 1.40 bits per heavy atom. The van der Waals surface area contributed by atoms with Crippen LogP contribution >= 0.6 is 0 Å². The molecule has 0 aliphatic carbocycles. The summed E-state index contributed by atoms with van der Waals surface area (Å²) in [4.78, 5) is 26.1. The number of nitrogens with one attached hydrogen (secondary N) is 1. The first kappa shape index (κ1) is 57.8. The number of allylic oxidation sites excluding steroid dienone is 8. The fraction of sp³-hybridized carbons (Fsp3) is 0.815. The zero-order chi connectivity index (χ0) is 43.8. The molecule has 0 fully saturated rings. The molecule has 0 rings (SSSR count). The molecule has 1 amide bonds. The molecule has 3 atom stereocenters. The Hall–Kier alpha value is -2.18. The molecule has 0 aromatic heterocycles. The standard InChI is InChI=1S/C54H99NO5/c1-4-7-10-13-16-19-21-23-25-27-29-31-34-36-39-42-45-50(48-53(58)55-51(49-56)52(57)46-43-40-37-33-18-15-12-9-6-3)60-54(59)47-44-41-38-35-32-30-28-26-24-22-20-17-14-11-8-5-2/h8,11,17,20,24,26,29,31,50-52,56-57H,4-7,9-10,12-16,18-19,21-23,25,27-28,30,32-49H2,1-3H3,(H,55,58)/b11-8+,20-17+,26-24+,31-29+. The number of unbranched alkanes of at least 4 members (excludes halogenated alkanes) is 26. The van der Waals surface area contributed by atoms with Gasteiger partial charge in [0.15, 0.2) is 0 Å². The molecule has 0 heterocycles. The SMILES string of the molecule is CC/C=C/C/C=C/C/C=C/CCCCCCCCC(=O)OC(CCCCC/C=C/CCCCCCCCCCC)CC(=O)NC(CO)C(O)CCCCCCCCCCC. The van der Waals surface area contributed by atoms with Crippen LogP contribution < -0.4 is 5.32 Å². The maximum atomic E-state index is 13.2. The van der Waals surface area contributed by atoms with Crippen molar-refractivity contribution in [3.05, 3.63) is 48.6 Å². The van der Waals surface area contributed by atoms with Crippen LogP contribution in [0.15, 0.2) is 48.6 Å². The molecule has 6 nitrogen and oxygen atoms in total. The van der Waals surface area contributed by atoms with Crippen molar-refractivity contribution in [2.45, 2.75) is 277 Å². The lowest BCUT2D eigenvalue weighted by Gasteiger charge is -2.24. The van der Waals surface area contributed by atoms with E-state index in [0.717, 1.165) is 89.9 Å². The van der Waals surface area contributed by atoms with E-state index >= 15 is 0 Å². The Labute approximate surface area is 372 Å². The highest BCUT2D eigenvalue weighted by atomic mass is 16.5. The summed E-state index contributed by atoms with van der Waals surface area (Å²) in [7, 11) is 0. The first-order valence-corrected chi connectivity index (χ1v) is 25.9. The van der Waals surface area contributed by atoms with E-state index in [1.165, 1.54) is 122 Å². The van der Waals surface area contributed by atoms with Gasteiger partial charge >= 0.3 is 5.97 Å². The molecular weight excluding hydrogens is 743 g/mol. The highest BCUT2D eigenvalue weighted by molar-refractivity contribution is 5.77. The lowest BCUT2D eigenvalue weighted by Crippen LogP contribution is -2.46. The third-order valence-corrected chi connectivity index (χ3v) is 11.6. The van der Waals surface area contributed by atoms with Crippen molar-refractivity contribution in [3.63, 3.8) is 0 Å². The predicted molar refractivity (Wildman–Crippen MR) is 259 cm³/mol. The topological polar surface area (TPSA) is 95.9 Å². The third-order valence-electron chi connectivity index (χ3n) is 11.6. The van der Waals surface area contributed by atoms with Crippen LogP contribution in [0.2, 0.25) is 0 Å². The highest BCUT2D eigenvalue weighted by Crippen LogP contribution is 2.17. The van der Waals surface area contributed by atoms with Gasteiger partial charge in [-0.2, -0.15) is 0 Å². The first-order valence-electron chi connectivity index (χ1n) is 25.9. The summed E-state index contributed by atoms with van der Waals surface area (Å²) >= 11 is 0. The van der Waals surface area contributed by atoms with E-state index in [-0.39, 0.29) is 24.9 Å². The summed E-state index contributed by atoms with van der Waals surface area (Å²) in [6, 6.07) is -0.707. The van der Waals surface area contributed by atoms with Gasteiger partial charge in [0.05, 0.1) is 25.2 Å². The zero-order valence-corrected chi connectivity index (χ0v) is 39.8. The van der Waals surface area contributed by atoms with Crippen LogP contribution in [0.4, 0.5) is 0 Å². The number of carbonyl (C=O) groups is 2. The Morgan fingerprint density at radius 1 is 0.500 bits per heavy atom. The number of amides is 1. The third kappa shape index (κ3) is 42.5. The van der Waals surface area contributed by atoms with Crippen LogP contribution in [-0.4, -0.2) is 46.9 Å². The summed E-state index contributed by atoms with van der Waals surface area (Å²) < 4.78 is 5.92. The Balaban J connectivity index is 4.61. The molecule has 0 radical (unpaired) electrons. The van der Waals surface area contributed by atoms with Gasteiger partial charge in [-0.3, -0.25) is 9.59 Å². The van der Waals surface area contributed by atoms with Crippen LogP contribution in [0.5, 0.6) is 0 Å². The van der Waals surface area contributed by atoms with Gasteiger partial charge in [0.2, 0.25) is 5.91 Å². The summed E-state index contributed by atoms with van der Waals surface area (Å²) in [6.07, 6.45) is 57.5. The van der Waals surface area contributed by atoms with E-state index in [2.05, 4.69) is 74.7 Å². The van der Waals surface area contributed by atoms with Gasteiger partial charge in [-0.15, -0.1) is 0 Å². The summed E-state index contributed by atoms with van der Waals surface area (Å²) in [5.41, 5.74) is 0. The lowest BCUT2D eigenvalue weighted by atomic mass is 10.0. The molecule has 60 heavy (non-hydrogen) atoms. The number of aliphatic hydroxyl groups is 2. The second-order valence-electron chi connectivity index (χ2n) is 17.5. The highest BCUT2D eigenvalue weighted by Gasteiger charge is 2.24. The van der Waals surface area contributed by atoms with Crippen LogP contribution in [-0.2, 0) is 14.3 Å². The Morgan fingerprint density at radius 2 is 0.900 bits per heavy atom. The van der Waals surface area contributed by atoms with Crippen LogP contribution in [0, 0.1) is 0 Å². The summed E-state index contributed by atoms with van der Waals surface area (Å²) in [5, 5.41) is 23.7. The molecule has 350 valence electrons. The maximum absolute atomic E-state index is 13.2. The second-order valence-corrected chi connectivity index (χ2v) is 17.5. The number of aliphatic hydroxyl groups excluding tert-OH is 2. The van der Waals surface area contributed by atoms with Crippen molar-refractivity contribution in [3.8, 4) is 0 Å².